The Bertz CT molecular complexity index is 384. The van der Waals surface area contributed by atoms with Gasteiger partial charge in [-0.05, 0) is 50.4 Å². The molecule has 1 aliphatic carbocycles. The lowest BCUT2D eigenvalue weighted by Gasteiger charge is -2.25. The predicted octanol–water partition coefficient (Wildman–Crippen LogP) is 3.55. The van der Waals surface area contributed by atoms with Gasteiger partial charge in [0.05, 0.1) is 19.3 Å². The molecule has 1 aliphatic rings. The number of nitrogens with one attached hydrogen (secondary N) is 1. The number of methoxy groups -OCH3 is 1. The van der Waals surface area contributed by atoms with Crippen molar-refractivity contribution in [1.82, 2.24) is 5.32 Å². The fraction of sp³-hybridized carbons (Fsp3) is 0.647. The molecule has 1 saturated carbocycles. The van der Waals surface area contributed by atoms with Crippen molar-refractivity contribution in [2.45, 2.75) is 44.8 Å². The third kappa shape index (κ3) is 3.97. The van der Waals surface area contributed by atoms with Crippen molar-refractivity contribution < 1.29 is 9.47 Å². The summed E-state index contributed by atoms with van der Waals surface area (Å²) in [5.41, 5.74) is 1.24. The van der Waals surface area contributed by atoms with Crippen molar-refractivity contribution in [2.75, 3.05) is 20.8 Å². The van der Waals surface area contributed by atoms with Gasteiger partial charge in [-0.3, -0.25) is 0 Å². The minimum atomic E-state index is 0.175. The van der Waals surface area contributed by atoms with E-state index in [-0.39, 0.29) is 12.1 Å². The molecule has 112 valence electrons. The van der Waals surface area contributed by atoms with Gasteiger partial charge in [0.2, 0.25) is 0 Å². The molecule has 2 rings (SSSR count). The Morgan fingerprint density at radius 1 is 1.20 bits per heavy atom. The number of hydrogen-bond acceptors (Lipinski definition) is 3. The zero-order chi connectivity index (χ0) is 14.4. The lowest BCUT2D eigenvalue weighted by atomic mass is 10.0. The molecular weight excluding hydrogens is 250 g/mol. The van der Waals surface area contributed by atoms with Gasteiger partial charge >= 0.3 is 0 Å². The standard InChI is InChI=1S/C17H27NO2/c1-13(20-12-14-6-4-5-7-14)17(18-2)15-8-10-16(19-3)11-9-15/h8-11,13-14,17-18H,4-7,12H2,1-3H3. The molecule has 0 amide bonds. The van der Waals surface area contributed by atoms with Crippen LogP contribution in [-0.2, 0) is 4.74 Å². The molecule has 0 spiro atoms. The normalized spacial score (nSPS) is 18.9. The summed E-state index contributed by atoms with van der Waals surface area (Å²) in [4.78, 5) is 0. The number of rotatable bonds is 7. The van der Waals surface area contributed by atoms with Gasteiger partial charge in [0.1, 0.15) is 5.75 Å². The van der Waals surface area contributed by atoms with E-state index in [0.29, 0.717) is 0 Å². The van der Waals surface area contributed by atoms with E-state index in [1.54, 1.807) is 7.11 Å². The summed E-state index contributed by atoms with van der Waals surface area (Å²) in [7, 11) is 3.68. The van der Waals surface area contributed by atoms with Crippen LogP contribution in [0.5, 0.6) is 5.75 Å². The molecule has 3 heteroatoms. The summed E-state index contributed by atoms with van der Waals surface area (Å²) < 4.78 is 11.3. The van der Waals surface area contributed by atoms with Crippen LogP contribution in [0.4, 0.5) is 0 Å². The van der Waals surface area contributed by atoms with Crippen molar-refractivity contribution >= 4 is 0 Å². The summed E-state index contributed by atoms with van der Waals surface area (Å²) in [6, 6.07) is 8.44. The maximum atomic E-state index is 6.10. The molecule has 1 fully saturated rings. The molecule has 0 aliphatic heterocycles. The minimum absolute atomic E-state index is 0.175. The van der Waals surface area contributed by atoms with Crippen LogP contribution in [0.15, 0.2) is 24.3 Å². The van der Waals surface area contributed by atoms with Crippen LogP contribution < -0.4 is 10.1 Å². The highest BCUT2D eigenvalue weighted by Gasteiger charge is 2.21. The summed E-state index contributed by atoms with van der Waals surface area (Å²) in [6.07, 6.45) is 5.58. The number of ether oxygens (including phenoxy) is 2. The second-order valence-electron chi connectivity index (χ2n) is 5.73. The number of likely N-dealkylation sites (N-methyl/N-ethyl adjacent to an activating group) is 1. The van der Waals surface area contributed by atoms with Crippen LogP contribution in [0.3, 0.4) is 0 Å². The molecule has 1 aromatic rings. The van der Waals surface area contributed by atoms with E-state index in [0.717, 1.165) is 18.3 Å². The molecule has 0 aromatic heterocycles. The second kappa shape index (κ2) is 7.65. The van der Waals surface area contributed by atoms with Gasteiger partial charge < -0.3 is 14.8 Å². The molecule has 2 atom stereocenters. The third-order valence-corrected chi connectivity index (χ3v) is 4.32. The van der Waals surface area contributed by atoms with Crippen LogP contribution >= 0.6 is 0 Å². The molecule has 0 saturated heterocycles. The van der Waals surface area contributed by atoms with Crippen LogP contribution in [-0.4, -0.2) is 26.9 Å². The largest absolute Gasteiger partial charge is 0.497 e. The number of hydrogen-bond donors (Lipinski definition) is 1. The smallest absolute Gasteiger partial charge is 0.118 e. The Hall–Kier alpha value is -1.06. The highest BCUT2D eigenvalue weighted by Crippen LogP contribution is 2.27. The van der Waals surface area contributed by atoms with Crippen LogP contribution in [0, 0.1) is 5.92 Å². The quantitative estimate of drug-likeness (QED) is 0.826. The lowest BCUT2D eigenvalue weighted by molar-refractivity contribution is 0.0194. The average Bonchev–Trinajstić information content (AvgIpc) is 3.00. The first-order chi connectivity index (χ1) is 9.74. The van der Waals surface area contributed by atoms with E-state index in [2.05, 4.69) is 24.4 Å². The van der Waals surface area contributed by atoms with Gasteiger partial charge in [0.15, 0.2) is 0 Å². The van der Waals surface area contributed by atoms with Gasteiger partial charge in [-0.1, -0.05) is 25.0 Å². The van der Waals surface area contributed by atoms with E-state index in [9.17, 15) is 0 Å². The maximum absolute atomic E-state index is 6.10. The van der Waals surface area contributed by atoms with Gasteiger partial charge in [-0.2, -0.15) is 0 Å². The lowest BCUT2D eigenvalue weighted by Crippen LogP contribution is -2.30. The highest BCUT2D eigenvalue weighted by molar-refractivity contribution is 5.29. The molecule has 1 aromatic carbocycles. The molecule has 0 heterocycles. The monoisotopic (exact) mass is 277 g/mol. The minimum Gasteiger partial charge on any atom is -0.497 e. The second-order valence-corrected chi connectivity index (χ2v) is 5.73. The fourth-order valence-corrected chi connectivity index (χ4v) is 3.04. The molecule has 0 bridgehead atoms. The van der Waals surface area contributed by atoms with Gasteiger partial charge in [0, 0.05) is 6.61 Å². The van der Waals surface area contributed by atoms with E-state index in [4.69, 9.17) is 9.47 Å². The van der Waals surface area contributed by atoms with Crippen LogP contribution in [0.25, 0.3) is 0 Å². The van der Waals surface area contributed by atoms with Crippen molar-refractivity contribution in [2.24, 2.45) is 5.92 Å². The van der Waals surface area contributed by atoms with Crippen molar-refractivity contribution in [1.29, 1.82) is 0 Å². The predicted molar refractivity (Wildman–Crippen MR) is 82.2 cm³/mol. The first-order valence-corrected chi connectivity index (χ1v) is 7.67. The topological polar surface area (TPSA) is 30.5 Å². The zero-order valence-corrected chi connectivity index (χ0v) is 12.9. The van der Waals surface area contributed by atoms with Crippen LogP contribution in [0.2, 0.25) is 0 Å². The zero-order valence-electron chi connectivity index (χ0n) is 12.9. The number of benzene rings is 1. The molecule has 0 radical (unpaired) electrons. The van der Waals surface area contributed by atoms with Gasteiger partial charge in [-0.25, -0.2) is 0 Å². The molecular formula is C17H27NO2. The average molecular weight is 277 g/mol. The van der Waals surface area contributed by atoms with E-state index in [1.165, 1.54) is 31.2 Å². The fourth-order valence-electron chi connectivity index (χ4n) is 3.04. The first kappa shape index (κ1) is 15.3. The first-order valence-electron chi connectivity index (χ1n) is 7.67. The van der Waals surface area contributed by atoms with E-state index in [1.807, 2.05) is 19.2 Å². The molecule has 3 nitrogen and oxygen atoms in total. The Kier molecular flexibility index (Phi) is 5.86. The summed E-state index contributed by atoms with van der Waals surface area (Å²) in [5, 5.41) is 3.37. The summed E-state index contributed by atoms with van der Waals surface area (Å²) in [6.45, 7) is 3.05. The van der Waals surface area contributed by atoms with Crippen molar-refractivity contribution in [3.8, 4) is 5.75 Å². The third-order valence-electron chi connectivity index (χ3n) is 4.32. The van der Waals surface area contributed by atoms with E-state index < -0.39 is 0 Å². The maximum Gasteiger partial charge on any atom is 0.118 e. The Morgan fingerprint density at radius 2 is 1.85 bits per heavy atom. The van der Waals surface area contributed by atoms with Gasteiger partial charge in [0.25, 0.3) is 0 Å². The molecule has 20 heavy (non-hydrogen) atoms. The highest BCUT2D eigenvalue weighted by atomic mass is 16.5. The summed E-state index contributed by atoms with van der Waals surface area (Å²) in [5.74, 6) is 1.66. The van der Waals surface area contributed by atoms with E-state index >= 15 is 0 Å². The van der Waals surface area contributed by atoms with Gasteiger partial charge in [-0.15, -0.1) is 0 Å². The van der Waals surface area contributed by atoms with Crippen molar-refractivity contribution in [3.63, 3.8) is 0 Å². The SMILES string of the molecule is CNC(c1ccc(OC)cc1)C(C)OCC1CCCC1. The van der Waals surface area contributed by atoms with Crippen LogP contribution in [0.1, 0.15) is 44.2 Å². The Balaban J connectivity index is 1.91. The van der Waals surface area contributed by atoms with Crippen molar-refractivity contribution in [3.05, 3.63) is 29.8 Å². The summed E-state index contributed by atoms with van der Waals surface area (Å²) >= 11 is 0. The molecule has 2 unspecified atom stereocenters. The Labute approximate surface area is 122 Å². The molecule has 1 N–H and O–H groups in total. The Morgan fingerprint density at radius 3 is 2.40 bits per heavy atom.